The van der Waals surface area contributed by atoms with E-state index in [1.165, 1.54) is 18.2 Å². The van der Waals surface area contributed by atoms with E-state index < -0.39 is 42.9 Å². The zero-order valence-electron chi connectivity index (χ0n) is 10.5. The van der Waals surface area contributed by atoms with Gasteiger partial charge < -0.3 is 15.2 Å². The van der Waals surface area contributed by atoms with Crippen LogP contribution < -0.4 is 10.1 Å². The third-order valence-corrected chi connectivity index (χ3v) is 2.26. The van der Waals surface area contributed by atoms with Gasteiger partial charge in [0, 0.05) is 0 Å². The molecular formula is C12H11F4NO4. The van der Waals surface area contributed by atoms with E-state index in [0.717, 1.165) is 6.07 Å². The van der Waals surface area contributed by atoms with Crippen LogP contribution in [0.3, 0.4) is 0 Å². The lowest BCUT2D eigenvalue weighted by atomic mass is 10.2. The van der Waals surface area contributed by atoms with Crippen molar-refractivity contribution in [1.82, 2.24) is 5.32 Å². The van der Waals surface area contributed by atoms with Gasteiger partial charge >= 0.3 is 12.1 Å². The van der Waals surface area contributed by atoms with Crippen LogP contribution in [0.1, 0.15) is 6.42 Å². The maximum atomic E-state index is 13.2. The summed E-state index contributed by atoms with van der Waals surface area (Å²) in [6.07, 6.45) is -6.46. The molecule has 0 saturated heterocycles. The number of carboxylic acids is 1. The highest BCUT2D eigenvalue weighted by Gasteiger charge is 2.36. The minimum absolute atomic E-state index is 0.268. The number of ether oxygens (including phenoxy) is 1. The summed E-state index contributed by atoms with van der Waals surface area (Å²) >= 11 is 0. The highest BCUT2D eigenvalue weighted by Crippen LogP contribution is 2.21. The summed E-state index contributed by atoms with van der Waals surface area (Å²) in [6.45, 7) is -0.803. The molecular weight excluding hydrogens is 298 g/mol. The second-order valence-corrected chi connectivity index (χ2v) is 4.00. The lowest BCUT2D eigenvalue weighted by Crippen LogP contribution is -2.45. The fourth-order valence-corrected chi connectivity index (χ4v) is 1.37. The van der Waals surface area contributed by atoms with Gasteiger partial charge in [0.25, 0.3) is 5.91 Å². The van der Waals surface area contributed by atoms with Crippen LogP contribution in [-0.2, 0) is 9.59 Å². The van der Waals surface area contributed by atoms with Gasteiger partial charge in [-0.1, -0.05) is 12.1 Å². The van der Waals surface area contributed by atoms with Crippen molar-refractivity contribution in [3.05, 3.63) is 30.1 Å². The van der Waals surface area contributed by atoms with E-state index in [-0.39, 0.29) is 5.75 Å². The SMILES string of the molecule is O=C(COc1ccccc1F)NC(CC(F)(F)F)C(=O)O. The van der Waals surface area contributed by atoms with Crippen molar-refractivity contribution in [3.63, 3.8) is 0 Å². The molecule has 21 heavy (non-hydrogen) atoms. The molecule has 1 aromatic carbocycles. The van der Waals surface area contributed by atoms with E-state index in [9.17, 15) is 27.2 Å². The Hall–Kier alpha value is -2.32. The number of alkyl halides is 3. The van der Waals surface area contributed by atoms with E-state index in [2.05, 4.69) is 0 Å². The topological polar surface area (TPSA) is 75.6 Å². The van der Waals surface area contributed by atoms with Gasteiger partial charge in [0.2, 0.25) is 0 Å². The van der Waals surface area contributed by atoms with Crippen LogP contribution in [0.2, 0.25) is 0 Å². The number of carboxylic acid groups (broad SMARTS) is 1. The molecule has 0 bridgehead atoms. The maximum Gasteiger partial charge on any atom is 0.391 e. The molecule has 2 N–H and O–H groups in total. The molecule has 1 aromatic rings. The van der Waals surface area contributed by atoms with Gasteiger partial charge in [-0.25, -0.2) is 9.18 Å². The van der Waals surface area contributed by atoms with Gasteiger partial charge in [-0.05, 0) is 12.1 Å². The molecule has 116 valence electrons. The molecule has 0 saturated carbocycles. The first-order chi connectivity index (χ1) is 9.69. The van der Waals surface area contributed by atoms with Crippen molar-refractivity contribution >= 4 is 11.9 Å². The van der Waals surface area contributed by atoms with Crippen LogP contribution in [0, 0.1) is 5.82 Å². The number of nitrogens with one attached hydrogen (secondary N) is 1. The zero-order chi connectivity index (χ0) is 16.0. The number of amides is 1. The molecule has 0 aliphatic rings. The molecule has 0 aliphatic heterocycles. The minimum Gasteiger partial charge on any atom is -0.481 e. The van der Waals surface area contributed by atoms with Gasteiger partial charge in [-0.15, -0.1) is 0 Å². The first kappa shape index (κ1) is 16.7. The Labute approximate surface area is 116 Å². The quantitative estimate of drug-likeness (QED) is 0.785. The second-order valence-electron chi connectivity index (χ2n) is 4.00. The first-order valence-electron chi connectivity index (χ1n) is 5.65. The molecule has 0 aliphatic carbocycles. The van der Waals surface area contributed by atoms with Crippen molar-refractivity contribution in [3.8, 4) is 5.75 Å². The predicted molar refractivity (Wildman–Crippen MR) is 62.1 cm³/mol. The molecule has 1 atom stereocenters. The van der Waals surface area contributed by atoms with Crippen molar-refractivity contribution in [1.29, 1.82) is 0 Å². The molecule has 0 fully saturated rings. The molecule has 1 unspecified atom stereocenters. The molecule has 9 heteroatoms. The van der Waals surface area contributed by atoms with E-state index >= 15 is 0 Å². The Bertz CT molecular complexity index is 518. The summed E-state index contributed by atoms with van der Waals surface area (Å²) in [7, 11) is 0. The summed E-state index contributed by atoms with van der Waals surface area (Å²) in [6, 6.07) is 2.97. The maximum absolute atomic E-state index is 13.2. The lowest BCUT2D eigenvalue weighted by molar-refractivity contribution is -0.160. The number of halogens is 4. The number of hydrogen-bond donors (Lipinski definition) is 2. The fraction of sp³-hybridized carbons (Fsp3) is 0.333. The number of para-hydroxylation sites is 1. The highest BCUT2D eigenvalue weighted by atomic mass is 19.4. The largest absolute Gasteiger partial charge is 0.481 e. The Morgan fingerprint density at radius 1 is 1.29 bits per heavy atom. The summed E-state index contributed by atoms with van der Waals surface area (Å²) in [5.41, 5.74) is 0. The van der Waals surface area contributed by atoms with Gasteiger partial charge in [-0.3, -0.25) is 4.79 Å². The van der Waals surface area contributed by atoms with E-state index in [0.29, 0.717) is 0 Å². The van der Waals surface area contributed by atoms with E-state index in [4.69, 9.17) is 9.84 Å². The van der Waals surface area contributed by atoms with E-state index in [1.807, 2.05) is 0 Å². The molecule has 0 aromatic heterocycles. The Kier molecular flexibility index (Phi) is 5.51. The minimum atomic E-state index is -4.75. The van der Waals surface area contributed by atoms with Gasteiger partial charge in [0.05, 0.1) is 6.42 Å². The van der Waals surface area contributed by atoms with E-state index in [1.54, 1.807) is 5.32 Å². The normalized spacial score (nSPS) is 12.6. The van der Waals surface area contributed by atoms with Crippen LogP contribution in [0.5, 0.6) is 5.75 Å². The van der Waals surface area contributed by atoms with Crippen LogP contribution in [0.15, 0.2) is 24.3 Å². The second kappa shape index (κ2) is 6.91. The molecule has 0 heterocycles. The predicted octanol–water partition coefficient (Wildman–Crippen LogP) is 1.73. The molecule has 5 nitrogen and oxygen atoms in total. The van der Waals surface area contributed by atoms with Gasteiger partial charge in [0.15, 0.2) is 18.2 Å². The first-order valence-corrected chi connectivity index (χ1v) is 5.65. The zero-order valence-corrected chi connectivity index (χ0v) is 10.5. The average molecular weight is 309 g/mol. The standard InChI is InChI=1S/C12H11F4NO4/c13-7-3-1-2-4-9(7)21-6-10(18)17-8(11(19)20)5-12(14,15)16/h1-4,8H,5-6H2,(H,17,18)(H,19,20). The molecule has 0 spiro atoms. The fourth-order valence-electron chi connectivity index (χ4n) is 1.37. The smallest absolute Gasteiger partial charge is 0.391 e. The third kappa shape index (κ3) is 6.11. The molecule has 1 amide bonds. The lowest BCUT2D eigenvalue weighted by Gasteiger charge is -2.16. The summed E-state index contributed by atoms with van der Waals surface area (Å²) < 4.78 is 54.3. The van der Waals surface area contributed by atoms with Crippen molar-refractivity contribution in [2.24, 2.45) is 0 Å². The van der Waals surface area contributed by atoms with Gasteiger partial charge in [-0.2, -0.15) is 13.2 Å². The number of hydrogen-bond acceptors (Lipinski definition) is 3. The Balaban J connectivity index is 2.55. The number of benzene rings is 1. The van der Waals surface area contributed by atoms with Crippen LogP contribution in [-0.4, -0.2) is 35.8 Å². The molecule has 1 rings (SSSR count). The van der Waals surface area contributed by atoms with Crippen LogP contribution in [0.4, 0.5) is 17.6 Å². The molecule has 0 radical (unpaired) electrons. The number of aliphatic carboxylic acids is 1. The number of rotatable bonds is 6. The van der Waals surface area contributed by atoms with Crippen molar-refractivity contribution in [2.45, 2.75) is 18.6 Å². The Morgan fingerprint density at radius 2 is 1.90 bits per heavy atom. The van der Waals surface area contributed by atoms with Crippen LogP contribution in [0.25, 0.3) is 0 Å². The van der Waals surface area contributed by atoms with Gasteiger partial charge in [0.1, 0.15) is 6.04 Å². The number of carbonyl (C=O) groups is 2. The third-order valence-electron chi connectivity index (χ3n) is 2.26. The monoisotopic (exact) mass is 309 g/mol. The average Bonchev–Trinajstić information content (AvgIpc) is 2.35. The van der Waals surface area contributed by atoms with Crippen LogP contribution >= 0.6 is 0 Å². The Morgan fingerprint density at radius 3 is 2.43 bits per heavy atom. The highest BCUT2D eigenvalue weighted by molar-refractivity contribution is 5.84. The van der Waals surface area contributed by atoms with Crippen molar-refractivity contribution < 1.29 is 37.0 Å². The van der Waals surface area contributed by atoms with Crippen molar-refractivity contribution in [2.75, 3.05) is 6.61 Å². The number of carbonyl (C=O) groups excluding carboxylic acids is 1. The summed E-state index contributed by atoms with van der Waals surface area (Å²) in [5.74, 6) is -3.95. The summed E-state index contributed by atoms with van der Waals surface area (Å²) in [4.78, 5) is 22.0. The summed E-state index contributed by atoms with van der Waals surface area (Å²) in [5, 5.41) is 10.3.